The lowest BCUT2D eigenvalue weighted by atomic mass is 9.90. The molecule has 0 unspecified atom stereocenters. The molecule has 0 aromatic carbocycles. The lowest BCUT2D eigenvalue weighted by Crippen LogP contribution is -2.46. The zero-order valence-corrected chi connectivity index (χ0v) is 42.8. The minimum Gasteiger partial charge on any atom is -0.383 e. The molecule has 4 aliphatic rings. The van der Waals surface area contributed by atoms with Gasteiger partial charge in [-0.2, -0.15) is 4.39 Å². The maximum atomic E-state index is 13.2. The van der Waals surface area contributed by atoms with Gasteiger partial charge in [0.15, 0.2) is 0 Å². The number of nitrogens with one attached hydrogen (secondary N) is 3. The number of piperidine rings is 4. The molecule has 7 N–H and O–H groups in total. The van der Waals surface area contributed by atoms with Crippen LogP contribution in [-0.4, -0.2) is 143 Å². The number of anilines is 5. The zero-order valence-electron chi connectivity index (χ0n) is 42.8. The normalized spacial score (nSPS) is 21.2. The SMILES string of the molecule is CNC1CCN(C)CC1.Cc1cc(NC(=O)C(=O)N2C[C@@H](C)CC[C@@H]2c2ccc(F)nc2)cnc1N.Cc1cc(NC(=O)C(=O)N2C[C@@H](C)CC[C@@H]2c2ccc(N(C)C3CCN(C)CC3)nc2)cnc1N. The van der Waals surface area contributed by atoms with Crippen molar-refractivity contribution < 1.29 is 23.6 Å². The van der Waals surface area contributed by atoms with E-state index in [9.17, 15) is 23.6 Å². The van der Waals surface area contributed by atoms with Crippen molar-refractivity contribution in [2.24, 2.45) is 11.8 Å². The Morgan fingerprint density at radius 3 is 1.49 bits per heavy atom. The van der Waals surface area contributed by atoms with E-state index >= 15 is 0 Å². The number of nitrogen functional groups attached to an aromatic ring is 2. The van der Waals surface area contributed by atoms with Gasteiger partial charge in [0.05, 0.1) is 35.9 Å². The number of carbonyl (C=O) groups is 4. The van der Waals surface area contributed by atoms with Gasteiger partial charge in [-0.05, 0) is 171 Å². The number of halogens is 1. The van der Waals surface area contributed by atoms with Gasteiger partial charge in [0.25, 0.3) is 0 Å². The predicted molar refractivity (Wildman–Crippen MR) is 277 cm³/mol. The van der Waals surface area contributed by atoms with Gasteiger partial charge >= 0.3 is 23.6 Å². The largest absolute Gasteiger partial charge is 0.383 e. The summed E-state index contributed by atoms with van der Waals surface area (Å²) in [6.45, 7) is 13.4. The number of aryl methyl sites for hydroxylation is 2. The molecule has 4 fully saturated rings. The van der Waals surface area contributed by atoms with Crippen molar-refractivity contribution in [3.05, 3.63) is 89.4 Å². The molecule has 0 saturated carbocycles. The molecule has 384 valence electrons. The number of pyridine rings is 4. The summed E-state index contributed by atoms with van der Waals surface area (Å²) in [4.78, 5) is 78.1. The van der Waals surface area contributed by atoms with Crippen molar-refractivity contribution in [3.63, 3.8) is 0 Å². The van der Waals surface area contributed by atoms with E-state index in [1.807, 2.05) is 26.1 Å². The fourth-order valence-electron chi connectivity index (χ4n) is 9.64. The molecule has 0 aliphatic carbocycles. The number of hydrogen-bond donors (Lipinski definition) is 5. The average molecular weight is 979 g/mol. The summed E-state index contributed by atoms with van der Waals surface area (Å²) in [6, 6.07) is 11.1. The van der Waals surface area contributed by atoms with Crippen LogP contribution >= 0.6 is 0 Å². The molecule has 8 rings (SSSR count). The second kappa shape index (κ2) is 25.2. The molecule has 4 aromatic heterocycles. The first-order valence-electron chi connectivity index (χ1n) is 24.9. The Labute approximate surface area is 418 Å². The molecule has 19 heteroatoms. The van der Waals surface area contributed by atoms with Gasteiger partial charge in [0.2, 0.25) is 5.95 Å². The number of nitrogens with two attached hydrogens (primary N) is 2. The van der Waals surface area contributed by atoms with Crippen molar-refractivity contribution in [3.8, 4) is 0 Å². The summed E-state index contributed by atoms with van der Waals surface area (Å²) in [7, 11) is 8.51. The van der Waals surface area contributed by atoms with Crippen molar-refractivity contribution in [1.29, 1.82) is 0 Å². The van der Waals surface area contributed by atoms with E-state index in [1.165, 1.54) is 55.5 Å². The third-order valence-electron chi connectivity index (χ3n) is 14.3. The summed E-state index contributed by atoms with van der Waals surface area (Å²) in [6.07, 6.45) is 14.4. The molecule has 71 heavy (non-hydrogen) atoms. The van der Waals surface area contributed by atoms with Crippen LogP contribution in [0.2, 0.25) is 0 Å². The van der Waals surface area contributed by atoms with Crippen molar-refractivity contribution in [1.82, 2.24) is 44.9 Å². The van der Waals surface area contributed by atoms with Gasteiger partial charge in [0, 0.05) is 44.6 Å². The summed E-state index contributed by atoms with van der Waals surface area (Å²) >= 11 is 0. The molecule has 4 amide bonds. The maximum Gasteiger partial charge on any atom is 0.313 e. The highest BCUT2D eigenvalue weighted by atomic mass is 19.1. The summed E-state index contributed by atoms with van der Waals surface area (Å²) < 4.78 is 13.1. The summed E-state index contributed by atoms with van der Waals surface area (Å²) in [5, 5.41) is 8.56. The molecule has 0 radical (unpaired) electrons. The van der Waals surface area contributed by atoms with Crippen molar-refractivity contribution in [2.75, 3.05) is 94.5 Å². The summed E-state index contributed by atoms with van der Waals surface area (Å²) in [5.41, 5.74) is 15.4. The predicted octanol–water partition coefficient (Wildman–Crippen LogP) is 5.58. The van der Waals surface area contributed by atoms with E-state index in [0.29, 0.717) is 60.0 Å². The van der Waals surface area contributed by atoms with E-state index in [-0.39, 0.29) is 18.0 Å². The molecule has 4 aromatic rings. The topological polar surface area (TPSA) is 224 Å². The smallest absolute Gasteiger partial charge is 0.313 e. The van der Waals surface area contributed by atoms with Crippen LogP contribution in [0.3, 0.4) is 0 Å². The molecule has 18 nitrogen and oxygen atoms in total. The minimum absolute atomic E-state index is 0.175. The monoisotopic (exact) mass is 979 g/mol. The van der Waals surface area contributed by atoms with Crippen LogP contribution in [-0.2, 0) is 19.2 Å². The van der Waals surface area contributed by atoms with Crippen molar-refractivity contribution in [2.45, 2.75) is 103 Å². The minimum atomic E-state index is -0.741. The van der Waals surface area contributed by atoms with Gasteiger partial charge in [-0.25, -0.2) is 19.9 Å². The third kappa shape index (κ3) is 14.9. The van der Waals surface area contributed by atoms with Gasteiger partial charge in [-0.1, -0.05) is 26.0 Å². The Kier molecular flexibility index (Phi) is 19.2. The number of aromatic nitrogens is 4. The highest BCUT2D eigenvalue weighted by Gasteiger charge is 2.36. The van der Waals surface area contributed by atoms with Gasteiger partial charge in [-0.15, -0.1) is 0 Å². The van der Waals surface area contributed by atoms with Crippen molar-refractivity contribution >= 4 is 52.5 Å². The lowest BCUT2D eigenvalue weighted by Gasteiger charge is -2.39. The Hall–Kier alpha value is -6.31. The quantitative estimate of drug-likeness (QED) is 0.113. The van der Waals surface area contributed by atoms with E-state index in [0.717, 1.165) is 73.7 Å². The Morgan fingerprint density at radius 1 is 0.634 bits per heavy atom. The maximum absolute atomic E-state index is 13.2. The molecule has 8 heterocycles. The Bertz CT molecular complexity index is 2410. The molecule has 4 saturated heterocycles. The Balaban J connectivity index is 0.000000202. The lowest BCUT2D eigenvalue weighted by molar-refractivity contribution is -0.146. The zero-order chi connectivity index (χ0) is 51.4. The number of hydrogen-bond acceptors (Lipinski definition) is 14. The van der Waals surface area contributed by atoms with Gasteiger partial charge < -0.3 is 51.9 Å². The second-order valence-electron chi connectivity index (χ2n) is 19.9. The molecular formula is C52H75FN14O4. The fourth-order valence-corrected chi connectivity index (χ4v) is 9.64. The number of amides is 4. The highest BCUT2D eigenvalue weighted by molar-refractivity contribution is 6.40. The average Bonchev–Trinajstić information content (AvgIpc) is 3.36. The van der Waals surface area contributed by atoms with Crippen LogP contribution < -0.4 is 32.3 Å². The third-order valence-corrected chi connectivity index (χ3v) is 14.3. The highest BCUT2D eigenvalue weighted by Crippen LogP contribution is 2.35. The number of carbonyl (C=O) groups excluding carboxylic acids is 4. The van der Waals surface area contributed by atoms with E-state index in [4.69, 9.17) is 16.5 Å². The van der Waals surface area contributed by atoms with Gasteiger partial charge in [0.1, 0.15) is 17.5 Å². The number of likely N-dealkylation sites (tertiary alicyclic amines) is 4. The van der Waals surface area contributed by atoms with Crippen LogP contribution in [0.5, 0.6) is 0 Å². The number of rotatable bonds is 7. The molecule has 4 atom stereocenters. The van der Waals surface area contributed by atoms with Crippen LogP contribution in [0.25, 0.3) is 0 Å². The number of nitrogens with zero attached hydrogens (tertiary/aromatic N) is 9. The standard InChI is InChI=1S/C26H37N7O2.C19H22FN5O2.C7H16N2/c1-17-5-7-22(19-6-8-23(28-14-19)32(4)21-9-11-31(3)12-10-21)33(16-17)26(35)25(34)30-20-13-18(2)24(27)29-15-20;1-11-3-5-15(13-4-6-16(20)22-8-13)25(10-11)19(27)18(26)24-14-7-12(2)17(21)23-9-14;1-8-7-3-5-9(2)6-4-7/h6,8,13-15,17,21-22H,5,7,9-12,16H2,1-4H3,(H2,27,29)(H,30,34);4,6-9,11,15H,3,5,10H2,1-2H3,(H2,21,23)(H,24,26);7-8H,3-6H2,1-2H3/t17-,22+;11-,15+;/m00./s1. The molecular weight excluding hydrogens is 904 g/mol. The van der Waals surface area contributed by atoms with Gasteiger partial charge in [-0.3, -0.25) is 19.2 Å². The Morgan fingerprint density at radius 2 is 1.08 bits per heavy atom. The summed E-state index contributed by atoms with van der Waals surface area (Å²) in [5.74, 6) is -0.854. The first kappa shape index (κ1) is 54.0. The first-order valence-corrected chi connectivity index (χ1v) is 24.9. The van der Waals surface area contributed by atoms with Crippen LogP contribution in [0.4, 0.5) is 33.2 Å². The van der Waals surface area contributed by atoms with E-state index < -0.39 is 29.6 Å². The fraction of sp³-hybridized carbons (Fsp3) is 0.538. The molecule has 0 spiro atoms. The van der Waals surface area contributed by atoms with Crippen LogP contribution in [0.15, 0.2) is 61.2 Å². The molecule has 0 bridgehead atoms. The van der Waals surface area contributed by atoms with E-state index in [2.05, 4.69) is 86.8 Å². The van der Waals surface area contributed by atoms with Crippen LogP contribution in [0, 0.1) is 31.6 Å². The van der Waals surface area contributed by atoms with Crippen LogP contribution in [0.1, 0.15) is 99.6 Å². The first-order chi connectivity index (χ1) is 33.9. The van der Waals surface area contributed by atoms with E-state index in [1.54, 1.807) is 30.0 Å². The second-order valence-corrected chi connectivity index (χ2v) is 19.9. The molecule has 4 aliphatic heterocycles.